The minimum absolute atomic E-state index is 0.527. The minimum Gasteiger partial charge on any atom is -0.366 e. The number of nitrogens with zero attached hydrogens (tertiary/aromatic N) is 2. The standard InChI is InChI=1S/C21H24N4/c1-15(2)17-8-10-19(11-9-17)24-21-22-13-12-20(25-21)23-14-18-7-5-4-6-16(18)3/h4-13,15H,14H2,1-3H3,(H2,22,23,24,25). The van der Waals surface area contributed by atoms with Gasteiger partial charge in [-0.25, -0.2) is 4.98 Å². The van der Waals surface area contributed by atoms with Crippen LogP contribution in [-0.4, -0.2) is 9.97 Å². The SMILES string of the molecule is Cc1ccccc1CNc1ccnc(Nc2ccc(C(C)C)cc2)n1. The summed E-state index contributed by atoms with van der Waals surface area (Å²) in [5, 5.41) is 6.62. The van der Waals surface area contributed by atoms with Gasteiger partial charge in [0.05, 0.1) is 0 Å². The Morgan fingerprint density at radius 1 is 0.960 bits per heavy atom. The highest BCUT2D eigenvalue weighted by molar-refractivity contribution is 5.55. The van der Waals surface area contributed by atoms with Gasteiger partial charge in [0, 0.05) is 18.4 Å². The molecular formula is C21H24N4. The van der Waals surface area contributed by atoms with E-state index in [1.807, 2.05) is 6.07 Å². The topological polar surface area (TPSA) is 49.8 Å². The van der Waals surface area contributed by atoms with Gasteiger partial charge in [0.2, 0.25) is 5.95 Å². The minimum atomic E-state index is 0.527. The van der Waals surface area contributed by atoms with Crippen molar-refractivity contribution >= 4 is 17.5 Å². The zero-order valence-corrected chi connectivity index (χ0v) is 15.0. The fourth-order valence-electron chi connectivity index (χ4n) is 2.59. The largest absolute Gasteiger partial charge is 0.366 e. The van der Waals surface area contributed by atoms with Gasteiger partial charge >= 0.3 is 0 Å². The molecule has 3 aromatic rings. The van der Waals surface area contributed by atoms with E-state index in [1.54, 1.807) is 6.20 Å². The summed E-state index contributed by atoms with van der Waals surface area (Å²) in [5.41, 5.74) is 4.84. The Kier molecular flexibility index (Phi) is 5.29. The molecule has 0 aliphatic carbocycles. The second kappa shape index (κ2) is 7.79. The quantitative estimate of drug-likeness (QED) is 0.646. The normalized spacial score (nSPS) is 10.7. The van der Waals surface area contributed by atoms with Crippen molar-refractivity contribution in [3.8, 4) is 0 Å². The third kappa shape index (κ3) is 4.57. The molecule has 1 aromatic heterocycles. The maximum absolute atomic E-state index is 4.54. The second-order valence-electron chi connectivity index (χ2n) is 6.45. The lowest BCUT2D eigenvalue weighted by Gasteiger charge is -2.11. The number of hydrogen-bond donors (Lipinski definition) is 2. The zero-order chi connectivity index (χ0) is 17.6. The first-order valence-electron chi connectivity index (χ1n) is 8.60. The fraction of sp³-hybridized carbons (Fsp3) is 0.238. The Labute approximate surface area is 149 Å². The Morgan fingerprint density at radius 3 is 2.44 bits per heavy atom. The van der Waals surface area contributed by atoms with E-state index < -0.39 is 0 Å². The lowest BCUT2D eigenvalue weighted by atomic mass is 10.0. The summed E-state index contributed by atoms with van der Waals surface area (Å²) in [7, 11) is 0. The number of anilines is 3. The lowest BCUT2D eigenvalue weighted by molar-refractivity contribution is 0.867. The van der Waals surface area contributed by atoms with Crippen LogP contribution in [0.15, 0.2) is 60.8 Å². The van der Waals surface area contributed by atoms with E-state index in [4.69, 9.17) is 0 Å². The molecule has 0 saturated heterocycles. The van der Waals surface area contributed by atoms with Crippen LogP contribution in [0.5, 0.6) is 0 Å². The number of aromatic nitrogens is 2. The highest BCUT2D eigenvalue weighted by Gasteiger charge is 2.03. The van der Waals surface area contributed by atoms with Crippen LogP contribution in [0, 0.1) is 6.92 Å². The van der Waals surface area contributed by atoms with Gasteiger partial charge in [-0.15, -0.1) is 0 Å². The predicted molar refractivity (Wildman–Crippen MR) is 104 cm³/mol. The molecule has 0 spiro atoms. The van der Waals surface area contributed by atoms with Crippen LogP contribution in [-0.2, 0) is 6.54 Å². The Morgan fingerprint density at radius 2 is 1.72 bits per heavy atom. The van der Waals surface area contributed by atoms with Crippen molar-refractivity contribution in [1.29, 1.82) is 0 Å². The molecule has 0 atom stereocenters. The van der Waals surface area contributed by atoms with E-state index in [1.165, 1.54) is 16.7 Å². The Balaban J connectivity index is 1.66. The van der Waals surface area contributed by atoms with Crippen LogP contribution in [0.1, 0.15) is 36.5 Å². The van der Waals surface area contributed by atoms with Crippen LogP contribution >= 0.6 is 0 Å². The average Bonchev–Trinajstić information content (AvgIpc) is 2.62. The molecule has 4 heteroatoms. The molecule has 0 aliphatic heterocycles. The summed E-state index contributed by atoms with van der Waals surface area (Å²) >= 11 is 0. The maximum Gasteiger partial charge on any atom is 0.229 e. The highest BCUT2D eigenvalue weighted by Crippen LogP contribution is 2.19. The third-order valence-electron chi connectivity index (χ3n) is 4.21. The predicted octanol–water partition coefficient (Wildman–Crippen LogP) is 5.26. The average molecular weight is 332 g/mol. The molecule has 0 bridgehead atoms. The van der Waals surface area contributed by atoms with E-state index in [2.05, 4.69) is 89.9 Å². The molecule has 2 N–H and O–H groups in total. The van der Waals surface area contributed by atoms with E-state index >= 15 is 0 Å². The molecule has 1 heterocycles. The van der Waals surface area contributed by atoms with Crippen molar-refractivity contribution in [2.75, 3.05) is 10.6 Å². The van der Waals surface area contributed by atoms with E-state index in [-0.39, 0.29) is 0 Å². The van der Waals surface area contributed by atoms with Gasteiger partial charge in [-0.2, -0.15) is 4.98 Å². The van der Waals surface area contributed by atoms with E-state index in [0.717, 1.165) is 18.1 Å². The first-order chi connectivity index (χ1) is 12.1. The molecule has 0 aliphatic rings. The molecule has 3 rings (SSSR count). The number of rotatable bonds is 6. The van der Waals surface area contributed by atoms with Crippen molar-refractivity contribution in [2.24, 2.45) is 0 Å². The van der Waals surface area contributed by atoms with Crippen molar-refractivity contribution in [2.45, 2.75) is 33.2 Å². The second-order valence-corrected chi connectivity index (χ2v) is 6.45. The van der Waals surface area contributed by atoms with Crippen molar-refractivity contribution in [1.82, 2.24) is 9.97 Å². The van der Waals surface area contributed by atoms with Gasteiger partial charge < -0.3 is 10.6 Å². The zero-order valence-electron chi connectivity index (χ0n) is 15.0. The van der Waals surface area contributed by atoms with E-state index in [0.29, 0.717) is 11.9 Å². The van der Waals surface area contributed by atoms with Crippen molar-refractivity contribution in [3.05, 3.63) is 77.5 Å². The lowest BCUT2D eigenvalue weighted by Crippen LogP contribution is -2.05. The number of benzene rings is 2. The third-order valence-corrected chi connectivity index (χ3v) is 4.21. The first-order valence-corrected chi connectivity index (χ1v) is 8.60. The van der Waals surface area contributed by atoms with Gasteiger partial charge in [-0.05, 0) is 47.7 Å². The first kappa shape index (κ1) is 17.0. The molecule has 2 aromatic carbocycles. The monoisotopic (exact) mass is 332 g/mol. The van der Waals surface area contributed by atoms with Crippen LogP contribution < -0.4 is 10.6 Å². The summed E-state index contributed by atoms with van der Waals surface area (Å²) < 4.78 is 0. The summed E-state index contributed by atoms with van der Waals surface area (Å²) in [6.07, 6.45) is 1.76. The van der Waals surface area contributed by atoms with Gasteiger partial charge in [0.1, 0.15) is 5.82 Å². The number of nitrogens with one attached hydrogen (secondary N) is 2. The van der Waals surface area contributed by atoms with Crippen molar-refractivity contribution < 1.29 is 0 Å². The maximum atomic E-state index is 4.54. The highest BCUT2D eigenvalue weighted by atomic mass is 15.1. The molecule has 0 fully saturated rings. The summed E-state index contributed by atoms with van der Waals surface area (Å²) in [6.45, 7) is 7.24. The molecule has 0 radical (unpaired) electrons. The fourth-order valence-corrected chi connectivity index (χ4v) is 2.59. The summed E-state index contributed by atoms with van der Waals surface area (Å²) in [5.74, 6) is 1.92. The molecule has 25 heavy (non-hydrogen) atoms. The molecule has 0 saturated carbocycles. The van der Waals surface area contributed by atoms with Gasteiger partial charge in [-0.3, -0.25) is 0 Å². The van der Waals surface area contributed by atoms with E-state index in [9.17, 15) is 0 Å². The Bertz CT molecular complexity index is 825. The number of aryl methyl sites for hydroxylation is 1. The van der Waals surface area contributed by atoms with Crippen LogP contribution in [0.4, 0.5) is 17.5 Å². The summed E-state index contributed by atoms with van der Waals surface area (Å²) in [6, 6.07) is 18.6. The molecule has 4 nitrogen and oxygen atoms in total. The molecule has 0 amide bonds. The van der Waals surface area contributed by atoms with Gasteiger partial charge in [0.25, 0.3) is 0 Å². The molecular weight excluding hydrogens is 308 g/mol. The summed E-state index contributed by atoms with van der Waals surface area (Å²) in [4.78, 5) is 8.84. The van der Waals surface area contributed by atoms with Crippen LogP contribution in [0.25, 0.3) is 0 Å². The number of hydrogen-bond acceptors (Lipinski definition) is 4. The van der Waals surface area contributed by atoms with Gasteiger partial charge in [0.15, 0.2) is 0 Å². The molecule has 0 unspecified atom stereocenters. The van der Waals surface area contributed by atoms with Crippen LogP contribution in [0.3, 0.4) is 0 Å². The smallest absolute Gasteiger partial charge is 0.229 e. The van der Waals surface area contributed by atoms with Crippen molar-refractivity contribution in [3.63, 3.8) is 0 Å². The Hall–Kier alpha value is -2.88. The molecule has 128 valence electrons. The van der Waals surface area contributed by atoms with Crippen LogP contribution in [0.2, 0.25) is 0 Å². The van der Waals surface area contributed by atoms with Gasteiger partial charge in [-0.1, -0.05) is 50.2 Å².